The van der Waals surface area contributed by atoms with Crippen LogP contribution in [0.4, 0.5) is 4.79 Å². The number of amides is 4. The van der Waals surface area contributed by atoms with Gasteiger partial charge in [-0.15, -0.1) is 5.06 Å². The number of rotatable bonds is 2. The molecule has 102 valence electrons. The van der Waals surface area contributed by atoms with Gasteiger partial charge in [0.05, 0.1) is 0 Å². The molecule has 0 unspecified atom stereocenters. The Kier molecular flexibility index (Phi) is 2.65. The van der Waals surface area contributed by atoms with Crippen molar-refractivity contribution >= 4 is 23.8 Å². The maximum Gasteiger partial charge on any atom is 0.355 e. The van der Waals surface area contributed by atoms with Gasteiger partial charge in [-0.2, -0.15) is 0 Å². The second-order valence-corrected chi connectivity index (χ2v) is 4.88. The zero-order valence-electron chi connectivity index (χ0n) is 10.1. The van der Waals surface area contributed by atoms with Crippen LogP contribution in [-0.4, -0.2) is 52.4 Å². The van der Waals surface area contributed by atoms with Gasteiger partial charge in [-0.1, -0.05) is 0 Å². The highest BCUT2D eigenvalue weighted by molar-refractivity contribution is 6.02. The molecule has 4 amide bonds. The molecule has 19 heavy (non-hydrogen) atoms. The summed E-state index contributed by atoms with van der Waals surface area (Å²) >= 11 is 0. The first-order chi connectivity index (χ1) is 9.06. The minimum atomic E-state index is -0.723. The van der Waals surface area contributed by atoms with Crippen molar-refractivity contribution in [3.05, 3.63) is 0 Å². The van der Waals surface area contributed by atoms with Crippen molar-refractivity contribution in [1.29, 1.82) is 0 Å². The van der Waals surface area contributed by atoms with Crippen LogP contribution in [0.3, 0.4) is 0 Å². The molecule has 2 atom stereocenters. The minimum absolute atomic E-state index is 0.0586. The average Bonchev–Trinajstić information content (AvgIpc) is 2.84. The van der Waals surface area contributed by atoms with E-state index in [1.807, 2.05) is 0 Å². The maximum atomic E-state index is 12.0. The smallest absolute Gasteiger partial charge is 0.333 e. The molecule has 0 aromatic heterocycles. The van der Waals surface area contributed by atoms with Crippen molar-refractivity contribution in [3.8, 4) is 0 Å². The zero-order chi connectivity index (χ0) is 13.6. The van der Waals surface area contributed by atoms with E-state index in [2.05, 4.69) is 5.32 Å². The molecule has 3 heterocycles. The van der Waals surface area contributed by atoms with Crippen LogP contribution >= 0.6 is 0 Å². The fraction of sp³-hybridized carbons (Fsp3) is 0.636. The number of imide groups is 1. The second kappa shape index (κ2) is 4.22. The lowest BCUT2D eigenvalue weighted by atomic mass is 10.0. The normalized spacial score (nSPS) is 29.8. The third-order valence-electron chi connectivity index (χ3n) is 3.63. The summed E-state index contributed by atoms with van der Waals surface area (Å²) in [6, 6.07) is -0.949. The largest absolute Gasteiger partial charge is 0.355 e. The summed E-state index contributed by atoms with van der Waals surface area (Å²) in [6.45, 7) is 0.459. The van der Waals surface area contributed by atoms with E-state index in [4.69, 9.17) is 4.84 Å². The Morgan fingerprint density at radius 1 is 1.16 bits per heavy atom. The summed E-state index contributed by atoms with van der Waals surface area (Å²) in [6.07, 6.45) is 1.27. The van der Waals surface area contributed by atoms with E-state index in [9.17, 15) is 19.2 Å². The van der Waals surface area contributed by atoms with E-state index in [0.717, 1.165) is 0 Å². The van der Waals surface area contributed by atoms with Crippen LogP contribution in [0.5, 0.6) is 0 Å². The molecule has 0 saturated carbocycles. The number of fused-ring (bicyclic) bond motifs is 2. The number of piperidine rings is 1. The lowest BCUT2D eigenvalue weighted by Crippen LogP contribution is -2.48. The van der Waals surface area contributed by atoms with E-state index in [1.54, 1.807) is 0 Å². The number of nitrogens with one attached hydrogen (secondary N) is 1. The predicted octanol–water partition coefficient (Wildman–Crippen LogP) is -0.850. The van der Waals surface area contributed by atoms with Crippen LogP contribution in [0.2, 0.25) is 0 Å². The number of nitrogens with zero attached hydrogens (tertiary/aromatic N) is 2. The zero-order valence-corrected chi connectivity index (χ0v) is 10.1. The molecule has 3 aliphatic heterocycles. The molecule has 3 fully saturated rings. The van der Waals surface area contributed by atoms with Gasteiger partial charge in [-0.3, -0.25) is 9.59 Å². The second-order valence-electron chi connectivity index (χ2n) is 4.88. The molecular weight excluding hydrogens is 254 g/mol. The van der Waals surface area contributed by atoms with Gasteiger partial charge in [-0.05, 0) is 12.8 Å². The Bertz CT molecular complexity index is 461. The van der Waals surface area contributed by atoms with Crippen LogP contribution in [-0.2, 0) is 19.2 Å². The Morgan fingerprint density at radius 3 is 2.53 bits per heavy atom. The van der Waals surface area contributed by atoms with E-state index in [-0.39, 0.29) is 24.9 Å². The average molecular weight is 267 g/mol. The van der Waals surface area contributed by atoms with Gasteiger partial charge in [-0.25, -0.2) is 9.59 Å². The van der Waals surface area contributed by atoms with Crippen molar-refractivity contribution in [2.24, 2.45) is 0 Å². The molecule has 8 nitrogen and oxygen atoms in total. The van der Waals surface area contributed by atoms with Gasteiger partial charge < -0.3 is 15.1 Å². The Morgan fingerprint density at radius 2 is 1.84 bits per heavy atom. The Hall–Kier alpha value is -2.12. The fourth-order valence-electron chi connectivity index (χ4n) is 2.62. The molecule has 0 aromatic carbocycles. The van der Waals surface area contributed by atoms with Gasteiger partial charge in [0, 0.05) is 25.4 Å². The van der Waals surface area contributed by atoms with Crippen molar-refractivity contribution in [1.82, 2.24) is 15.3 Å². The molecule has 3 saturated heterocycles. The topological polar surface area (TPSA) is 96.0 Å². The molecule has 0 radical (unpaired) electrons. The van der Waals surface area contributed by atoms with Gasteiger partial charge in [0.25, 0.3) is 11.8 Å². The Balaban J connectivity index is 1.69. The molecule has 1 N–H and O–H groups in total. The van der Waals surface area contributed by atoms with Gasteiger partial charge in [0.1, 0.15) is 6.04 Å². The molecule has 0 spiro atoms. The van der Waals surface area contributed by atoms with Crippen molar-refractivity contribution in [2.45, 2.75) is 37.8 Å². The molecular formula is C11H13N3O5. The van der Waals surface area contributed by atoms with E-state index < -0.39 is 23.8 Å². The van der Waals surface area contributed by atoms with Crippen LogP contribution in [0.25, 0.3) is 0 Å². The SMILES string of the molecule is O=C(ON1C(=O)CCC1=O)[C@@H]1CC[C@@H]2CN1C(=O)N2. The molecule has 2 bridgehead atoms. The highest BCUT2D eigenvalue weighted by Crippen LogP contribution is 2.24. The third kappa shape index (κ3) is 1.92. The number of hydrogen-bond acceptors (Lipinski definition) is 5. The summed E-state index contributed by atoms with van der Waals surface area (Å²) in [7, 11) is 0. The summed E-state index contributed by atoms with van der Waals surface area (Å²) in [5, 5.41) is 3.26. The molecule has 8 heteroatoms. The van der Waals surface area contributed by atoms with Crippen LogP contribution in [0.1, 0.15) is 25.7 Å². The highest BCUT2D eigenvalue weighted by Gasteiger charge is 2.44. The first kappa shape index (κ1) is 11.9. The summed E-state index contributed by atoms with van der Waals surface area (Å²) in [5.41, 5.74) is 0. The number of carbonyl (C=O) groups excluding carboxylic acids is 4. The monoisotopic (exact) mass is 267 g/mol. The van der Waals surface area contributed by atoms with E-state index >= 15 is 0 Å². The standard InChI is InChI=1S/C11H13N3O5/c15-8-3-4-9(16)14(8)19-10(17)7-2-1-6-5-13(7)11(18)12-6/h6-7H,1-5H2,(H,12,18)/t6-,7+/m1/s1. The minimum Gasteiger partial charge on any atom is -0.333 e. The van der Waals surface area contributed by atoms with Crippen LogP contribution < -0.4 is 5.32 Å². The molecule has 0 aromatic rings. The summed E-state index contributed by atoms with van der Waals surface area (Å²) < 4.78 is 0. The number of carbonyl (C=O) groups is 4. The van der Waals surface area contributed by atoms with Gasteiger partial charge in [0.15, 0.2) is 0 Å². The number of hydrogen-bond donors (Lipinski definition) is 1. The third-order valence-corrected chi connectivity index (χ3v) is 3.63. The first-order valence-corrected chi connectivity index (χ1v) is 6.21. The highest BCUT2D eigenvalue weighted by atomic mass is 16.7. The summed E-state index contributed by atoms with van der Waals surface area (Å²) in [5.74, 6) is -1.75. The number of urea groups is 1. The maximum absolute atomic E-state index is 12.0. The lowest BCUT2D eigenvalue weighted by molar-refractivity contribution is -0.201. The van der Waals surface area contributed by atoms with Crippen molar-refractivity contribution < 1.29 is 24.0 Å². The van der Waals surface area contributed by atoms with E-state index in [1.165, 1.54) is 4.90 Å². The fourth-order valence-corrected chi connectivity index (χ4v) is 2.62. The van der Waals surface area contributed by atoms with Gasteiger partial charge >= 0.3 is 12.0 Å². The van der Waals surface area contributed by atoms with Crippen molar-refractivity contribution in [3.63, 3.8) is 0 Å². The Labute approximate surface area is 108 Å². The van der Waals surface area contributed by atoms with Crippen LogP contribution in [0.15, 0.2) is 0 Å². The quantitative estimate of drug-likeness (QED) is 0.657. The predicted molar refractivity (Wildman–Crippen MR) is 59.2 cm³/mol. The molecule has 3 aliphatic rings. The molecule has 3 rings (SSSR count). The van der Waals surface area contributed by atoms with Gasteiger partial charge in [0.2, 0.25) is 0 Å². The van der Waals surface area contributed by atoms with Crippen LogP contribution in [0, 0.1) is 0 Å². The number of hydroxylamine groups is 2. The van der Waals surface area contributed by atoms with Crippen molar-refractivity contribution in [2.75, 3.05) is 6.54 Å². The lowest BCUT2D eigenvalue weighted by Gasteiger charge is -2.29. The summed E-state index contributed by atoms with van der Waals surface area (Å²) in [4.78, 5) is 52.5. The van der Waals surface area contributed by atoms with E-state index in [0.29, 0.717) is 24.4 Å². The first-order valence-electron chi connectivity index (χ1n) is 6.21. The molecule has 0 aliphatic carbocycles.